The molecule has 3 aromatic rings. The van der Waals surface area contributed by atoms with Crippen LogP contribution in [0.1, 0.15) is 31.9 Å². The van der Waals surface area contributed by atoms with Crippen LogP contribution in [-0.4, -0.2) is 29.0 Å². The van der Waals surface area contributed by atoms with Crippen molar-refractivity contribution in [1.82, 2.24) is 15.5 Å². The molecule has 0 spiro atoms. The number of hydrogen-bond donors (Lipinski definition) is 1. The molecule has 3 rings (SSSR count). The predicted octanol–water partition coefficient (Wildman–Crippen LogP) is 4.45. The van der Waals surface area contributed by atoms with Gasteiger partial charge in [0, 0.05) is 12.1 Å². The molecule has 1 N–H and O–H groups in total. The predicted molar refractivity (Wildman–Crippen MR) is 114 cm³/mol. The highest BCUT2D eigenvalue weighted by molar-refractivity contribution is 7.99. The smallest absolute Gasteiger partial charge is 0.277 e. The molecule has 2 aromatic carbocycles. The number of nitrogens with zero attached hydrogens (tertiary/aromatic N) is 2. The second-order valence-corrected chi connectivity index (χ2v) is 8.54. The molecule has 0 unspecified atom stereocenters. The zero-order valence-electron chi connectivity index (χ0n) is 17.1. The lowest BCUT2D eigenvalue weighted by Gasteiger charge is -2.18. The summed E-state index contributed by atoms with van der Waals surface area (Å²) in [5.41, 5.74) is 3.16. The highest BCUT2D eigenvalue weighted by Gasteiger charge is 2.15. The zero-order valence-corrected chi connectivity index (χ0v) is 17.9. The molecule has 0 aliphatic heterocycles. The van der Waals surface area contributed by atoms with Gasteiger partial charge < -0.3 is 14.5 Å². The van der Waals surface area contributed by atoms with Crippen molar-refractivity contribution in [3.05, 3.63) is 59.7 Å². The van der Waals surface area contributed by atoms with E-state index in [2.05, 4.69) is 48.4 Å². The zero-order chi connectivity index (χ0) is 20.9. The van der Waals surface area contributed by atoms with Crippen LogP contribution in [0.3, 0.4) is 0 Å². The molecule has 0 fully saturated rings. The Hall–Kier alpha value is -2.80. The van der Waals surface area contributed by atoms with Crippen LogP contribution in [0.25, 0.3) is 11.5 Å². The first-order valence-electron chi connectivity index (χ1n) is 9.32. The Balaban J connectivity index is 1.51. The molecule has 6 nitrogen and oxygen atoms in total. The van der Waals surface area contributed by atoms with Crippen molar-refractivity contribution >= 4 is 17.7 Å². The van der Waals surface area contributed by atoms with Crippen LogP contribution in [0, 0.1) is 0 Å². The van der Waals surface area contributed by atoms with E-state index in [1.807, 2.05) is 36.4 Å². The van der Waals surface area contributed by atoms with E-state index in [9.17, 15) is 4.79 Å². The number of benzene rings is 2. The minimum Gasteiger partial charge on any atom is -0.497 e. The number of amides is 1. The number of thioether (sulfide) groups is 1. The van der Waals surface area contributed by atoms with Gasteiger partial charge in [-0.1, -0.05) is 56.8 Å². The summed E-state index contributed by atoms with van der Waals surface area (Å²) in [5.74, 6) is 1.31. The summed E-state index contributed by atoms with van der Waals surface area (Å²) in [6, 6.07) is 15.7. The van der Waals surface area contributed by atoms with Crippen molar-refractivity contribution in [2.75, 3.05) is 12.9 Å². The molecule has 0 aliphatic carbocycles. The molecular weight excluding hydrogens is 386 g/mol. The van der Waals surface area contributed by atoms with Crippen molar-refractivity contribution in [2.45, 2.75) is 38.0 Å². The van der Waals surface area contributed by atoms with Gasteiger partial charge in [0.2, 0.25) is 11.8 Å². The van der Waals surface area contributed by atoms with E-state index >= 15 is 0 Å². The van der Waals surface area contributed by atoms with Crippen LogP contribution in [0.2, 0.25) is 0 Å². The van der Waals surface area contributed by atoms with Crippen LogP contribution in [0.4, 0.5) is 0 Å². The average Bonchev–Trinajstić information content (AvgIpc) is 3.19. The number of methoxy groups -OCH3 is 1. The van der Waals surface area contributed by atoms with Gasteiger partial charge in [0.1, 0.15) is 5.75 Å². The SMILES string of the molecule is COc1cccc(CNC(=O)CSc2nnc(-c3ccc(C(C)(C)C)cc3)o2)c1. The van der Waals surface area contributed by atoms with Crippen LogP contribution in [0.15, 0.2) is 58.2 Å². The molecule has 1 aromatic heterocycles. The normalized spacial score (nSPS) is 11.3. The third-order valence-electron chi connectivity index (χ3n) is 4.35. The van der Waals surface area contributed by atoms with Crippen molar-refractivity contribution in [1.29, 1.82) is 0 Å². The van der Waals surface area contributed by atoms with Crippen LogP contribution in [0.5, 0.6) is 5.75 Å². The lowest BCUT2D eigenvalue weighted by molar-refractivity contribution is -0.118. The second-order valence-electron chi connectivity index (χ2n) is 7.62. The Morgan fingerprint density at radius 2 is 1.90 bits per heavy atom. The van der Waals surface area contributed by atoms with Crippen LogP contribution < -0.4 is 10.1 Å². The van der Waals surface area contributed by atoms with E-state index in [4.69, 9.17) is 9.15 Å². The lowest BCUT2D eigenvalue weighted by Crippen LogP contribution is -2.24. The van der Waals surface area contributed by atoms with Gasteiger partial charge in [-0.15, -0.1) is 10.2 Å². The molecule has 152 valence electrons. The van der Waals surface area contributed by atoms with Crippen molar-refractivity contribution in [3.63, 3.8) is 0 Å². The first-order valence-corrected chi connectivity index (χ1v) is 10.3. The number of carbonyl (C=O) groups is 1. The summed E-state index contributed by atoms with van der Waals surface area (Å²) in [6.07, 6.45) is 0. The van der Waals surface area contributed by atoms with Gasteiger partial charge >= 0.3 is 0 Å². The fourth-order valence-corrected chi connectivity index (χ4v) is 3.25. The van der Waals surface area contributed by atoms with Gasteiger partial charge in [-0.2, -0.15) is 0 Å². The largest absolute Gasteiger partial charge is 0.497 e. The molecule has 29 heavy (non-hydrogen) atoms. The highest BCUT2D eigenvalue weighted by Crippen LogP contribution is 2.27. The molecule has 7 heteroatoms. The van der Waals surface area contributed by atoms with Crippen LogP contribution >= 0.6 is 11.8 Å². The Labute approximate surface area is 175 Å². The van der Waals surface area contributed by atoms with E-state index in [1.54, 1.807) is 7.11 Å². The van der Waals surface area contributed by atoms with Crippen molar-refractivity contribution in [3.8, 4) is 17.2 Å². The summed E-state index contributed by atoms with van der Waals surface area (Å²) in [5, 5.41) is 11.4. The van der Waals surface area contributed by atoms with Gasteiger partial charge in [0.25, 0.3) is 5.22 Å². The molecule has 0 bridgehead atoms. The molecule has 0 aliphatic rings. The van der Waals surface area contributed by atoms with Crippen molar-refractivity contribution in [2.24, 2.45) is 0 Å². The number of ether oxygens (including phenoxy) is 1. The van der Waals surface area contributed by atoms with E-state index in [0.717, 1.165) is 16.9 Å². The van der Waals surface area contributed by atoms with Crippen LogP contribution in [-0.2, 0) is 16.8 Å². The maximum atomic E-state index is 12.1. The quantitative estimate of drug-likeness (QED) is 0.579. The maximum absolute atomic E-state index is 12.1. The Morgan fingerprint density at radius 3 is 2.59 bits per heavy atom. The fraction of sp³-hybridized carbons (Fsp3) is 0.318. The molecular formula is C22H25N3O3S. The maximum Gasteiger partial charge on any atom is 0.277 e. The molecule has 1 heterocycles. The second kappa shape index (κ2) is 9.13. The average molecular weight is 412 g/mol. The standard InChI is InChI=1S/C22H25N3O3S/c1-22(2,3)17-10-8-16(9-11-17)20-24-25-21(28-20)29-14-19(26)23-13-15-6-5-7-18(12-15)27-4/h5-12H,13-14H2,1-4H3,(H,23,26). The van der Waals surface area contributed by atoms with Gasteiger partial charge in [-0.3, -0.25) is 4.79 Å². The third-order valence-corrected chi connectivity index (χ3v) is 5.17. The summed E-state index contributed by atoms with van der Waals surface area (Å²) in [4.78, 5) is 12.1. The molecule has 0 saturated carbocycles. The minimum absolute atomic E-state index is 0.0899. The number of nitrogens with one attached hydrogen (secondary N) is 1. The van der Waals surface area contributed by atoms with E-state index in [0.29, 0.717) is 17.7 Å². The lowest BCUT2D eigenvalue weighted by atomic mass is 9.87. The van der Waals surface area contributed by atoms with Gasteiger partial charge in [0.15, 0.2) is 0 Å². The van der Waals surface area contributed by atoms with Gasteiger partial charge in [-0.25, -0.2) is 0 Å². The number of rotatable bonds is 7. The van der Waals surface area contributed by atoms with Crippen molar-refractivity contribution < 1.29 is 13.9 Å². The first-order chi connectivity index (χ1) is 13.8. The number of carbonyl (C=O) groups excluding carboxylic acids is 1. The number of aromatic nitrogens is 2. The Bertz CT molecular complexity index is 962. The van der Waals surface area contributed by atoms with E-state index in [1.165, 1.54) is 17.3 Å². The summed E-state index contributed by atoms with van der Waals surface area (Å²) >= 11 is 1.22. The monoisotopic (exact) mass is 411 g/mol. The van der Waals surface area contributed by atoms with E-state index in [-0.39, 0.29) is 17.1 Å². The Morgan fingerprint density at radius 1 is 1.14 bits per heavy atom. The molecule has 0 saturated heterocycles. The minimum atomic E-state index is -0.105. The molecule has 0 atom stereocenters. The Kier molecular flexibility index (Phi) is 6.59. The van der Waals surface area contributed by atoms with Gasteiger partial charge in [-0.05, 0) is 40.8 Å². The topological polar surface area (TPSA) is 77.2 Å². The third kappa shape index (κ3) is 5.84. The molecule has 0 radical (unpaired) electrons. The summed E-state index contributed by atoms with van der Waals surface area (Å²) < 4.78 is 10.9. The summed E-state index contributed by atoms with van der Waals surface area (Å²) in [6.45, 7) is 6.94. The van der Waals surface area contributed by atoms with Gasteiger partial charge in [0.05, 0.1) is 12.9 Å². The molecule has 1 amide bonds. The highest BCUT2D eigenvalue weighted by atomic mass is 32.2. The summed E-state index contributed by atoms with van der Waals surface area (Å²) in [7, 11) is 1.62. The van der Waals surface area contributed by atoms with E-state index < -0.39 is 0 Å². The number of hydrogen-bond acceptors (Lipinski definition) is 6. The fourth-order valence-electron chi connectivity index (χ4n) is 2.66. The first kappa shape index (κ1) is 20.9.